The molecule has 0 unspecified atom stereocenters. The number of nitrogens with one attached hydrogen (secondary N) is 1. The van der Waals surface area contributed by atoms with Gasteiger partial charge in [0.2, 0.25) is 7.28 Å². The highest BCUT2D eigenvalue weighted by Gasteiger charge is 2.40. The zero-order chi connectivity index (χ0) is 43.2. The van der Waals surface area contributed by atoms with Crippen molar-refractivity contribution in [2.24, 2.45) is 0 Å². The van der Waals surface area contributed by atoms with Crippen LogP contribution in [0.2, 0.25) is 0 Å². The highest BCUT2D eigenvalue weighted by atomic mass is 32.1. The molecule has 0 amide bonds. The Hall–Kier alpha value is -5.82. The van der Waals surface area contributed by atoms with Gasteiger partial charge < -0.3 is 14.6 Å². The van der Waals surface area contributed by atoms with Crippen molar-refractivity contribution in [2.75, 3.05) is 10.2 Å². The van der Waals surface area contributed by atoms with Gasteiger partial charge in [0.15, 0.2) is 0 Å². The number of furan rings is 1. The van der Waals surface area contributed by atoms with Gasteiger partial charge in [0.25, 0.3) is 0 Å². The molecule has 0 radical (unpaired) electrons. The molecule has 10 aromatic rings. The van der Waals surface area contributed by atoms with E-state index in [-0.39, 0.29) is 16.2 Å². The summed E-state index contributed by atoms with van der Waals surface area (Å²) in [5, 5.41) is 11.5. The molecule has 12 rings (SSSR count). The predicted octanol–water partition coefficient (Wildman–Crippen LogP) is 15.7. The molecule has 0 spiro atoms. The third-order valence-electron chi connectivity index (χ3n) is 14.5. The minimum atomic E-state index is 0.0641. The zero-order valence-corrected chi connectivity index (χ0v) is 39.1. The van der Waals surface area contributed by atoms with Crippen LogP contribution in [0.3, 0.4) is 0 Å². The van der Waals surface area contributed by atoms with Gasteiger partial charge in [-0.1, -0.05) is 121 Å². The smallest absolute Gasteiger partial charge is 0.200 e. The van der Waals surface area contributed by atoms with Crippen molar-refractivity contribution in [1.82, 2.24) is 0 Å². The number of rotatable bonds is 4. The molecule has 2 aliphatic rings. The number of fused-ring (bicyclic) bond motifs is 11. The molecule has 6 heteroatoms. The summed E-state index contributed by atoms with van der Waals surface area (Å²) in [5.41, 5.74) is 17.3. The van der Waals surface area contributed by atoms with Crippen molar-refractivity contribution in [3.05, 3.63) is 150 Å². The van der Waals surface area contributed by atoms with E-state index in [1.807, 2.05) is 22.7 Å². The van der Waals surface area contributed by atoms with Gasteiger partial charge in [-0.15, -0.1) is 22.7 Å². The second-order valence-corrected chi connectivity index (χ2v) is 22.6. The standard InChI is InChI=1S/C57H51BN2OS2/c1-32-27-41-42(57(7,8)26-25-56(41,5)6)30-44(32)60-45-29-39-35-15-9-12-18-46(35)61-53(39)50(52(45)58-51-37-17-11-14-20-48(37)63-54(51)60)40-28-38-36-16-10-13-19-47(36)62-49(38)31-43(40)59-34-23-21-33(22-24-34)55(2,3)4/h9-24,27-31,58-59H,25-26H2,1-8H3. The molecule has 7 aromatic carbocycles. The van der Waals surface area contributed by atoms with Crippen molar-refractivity contribution in [3.63, 3.8) is 0 Å². The number of hydrogen-bond donors (Lipinski definition) is 1. The van der Waals surface area contributed by atoms with Gasteiger partial charge in [-0.25, -0.2) is 0 Å². The monoisotopic (exact) mass is 854 g/mol. The third-order valence-corrected chi connectivity index (χ3v) is 16.8. The van der Waals surface area contributed by atoms with Crippen molar-refractivity contribution in [2.45, 2.75) is 84.5 Å². The molecule has 63 heavy (non-hydrogen) atoms. The Kier molecular flexibility index (Phi) is 8.38. The molecule has 1 aliphatic carbocycles. The second kappa shape index (κ2) is 13.6. The lowest BCUT2D eigenvalue weighted by Gasteiger charge is -2.43. The maximum atomic E-state index is 7.15. The van der Waals surface area contributed by atoms with E-state index in [0.29, 0.717) is 0 Å². The maximum absolute atomic E-state index is 7.15. The summed E-state index contributed by atoms with van der Waals surface area (Å²) in [5.74, 6) is 0. The van der Waals surface area contributed by atoms with Gasteiger partial charge in [0, 0.05) is 63.8 Å². The quantitative estimate of drug-likeness (QED) is 0.179. The molecule has 0 atom stereocenters. The number of benzene rings is 7. The lowest BCUT2D eigenvalue weighted by atomic mass is 9.58. The molecule has 0 saturated carbocycles. The third kappa shape index (κ3) is 5.97. The van der Waals surface area contributed by atoms with Crippen LogP contribution < -0.4 is 21.1 Å². The van der Waals surface area contributed by atoms with Gasteiger partial charge in [-0.05, 0) is 129 Å². The van der Waals surface area contributed by atoms with Crippen LogP contribution in [0.5, 0.6) is 0 Å². The Balaban J connectivity index is 1.20. The molecule has 3 nitrogen and oxygen atoms in total. The maximum Gasteiger partial charge on any atom is 0.200 e. The van der Waals surface area contributed by atoms with Crippen molar-refractivity contribution >= 4 is 121 Å². The van der Waals surface area contributed by atoms with Crippen LogP contribution in [0.1, 0.15) is 83.6 Å². The van der Waals surface area contributed by atoms with E-state index in [0.717, 1.165) is 51.7 Å². The molecule has 3 aromatic heterocycles. The van der Waals surface area contributed by atoms with Gasteiger partial charge in [-0.3, -0.25) is 0 Å². The largest absolute Gasteiger partial charge is 0.455 e. The van der Waals surface area contributed by atoms with Gasteiger partial charge in [0.1, 0.15) is 11.2 Å². The van der Waals surface area contributed by atoms with Crippen LogP contribution >= 0.6 is 22.7 Å². The van der Waals surface area contributed by atoms with Crippen LogP contribution in [0.4, 0.5) is 27.8 Å². The van der Waals surface area contributed by atoms with E-state index < -0.39 is 0 Å². The summed E-state index contributed by atoms with van der Waals surface area (Å²) in [6.45, 7) is 18.9. The Morgan fingerprint density at radius 3 is 2.00 bits per heavy atom. The van der Waals surface area contributed by atoms with Crippen LogP contribution in [0.15, 0.2) is 132 Å². The minimum absolute atomic E-state index is 0.0641. The highest BCUT2D eigenvalue weighted by Crippen LogP contribution is 2.53. The molecule has 1 N–H and O–H groups in total. The molecule has 4 heterocycles. The van der Waals surface area contributed by atoms with E-state index in [2.05, 4.69) is 193 Å². The number of anilines is 5. The normalized spacial score (nSPS) is 15.5. The van der Waals surface area contributed by atoms with E-state index in [1.165, 1.54) is 92.7 Å². The Morgan fingerprint density at radius 2 is 1.27 bits per heavy atom. The second-order valence-electron chi connectivity index (χ2n) is 20.5. The fourth-order valence-corrected chi connectivity index (χ4v) is 13.1. The number of nitrogens with zero attached hydrogens (tertiary/aromatic N) is 1. The molecule has 0 saturated heterocycles. The minimum Gasteiger partial charge on any atom is -0.455 e. The molecular formula is C57H51BN2OS2. The summed E-state index contributed by atoms with van der Waals surface area (Å²) in [7, 11) is 0.790. The Bertz CT molecular complexity index is 3520. The molecule has 310 valence electrons. The number of aryl methyl sites for hydroxylation is 1. The lowest BCUT2D eigenvalue weighted by Crippen LogP contribution is -2.40. The van der Waals surface area contributed by atoms with Crippen LogP contribution in [-0.2, 0) is 16.2 Å². The summed E-state index contributed by atoms with van der Waals surface area (Å²) in [6, 6.07) is 47.9. The van der Waals surface area contributed by atoms with Crippen molar-refractivity contribution < 1.29 is 4.42 Å². The van der Waals surface area contributed by atoms with E-state index in [4.69, 9.17) is 4.42 Å². The van der Waals surface area contributed by atoms with Gasteiger partial charge in [-0.2, -0.15) is 0 Å². The predicted molar refractivity (Wildman–Crippen MR) is 277 cm³/mol. The van der Waals surface area contributed by atoms with E-state index in [9.17, 15) is 0 Å². The summed E-state index contributed by atoms with van der Waals surface area (Å²) in [6.07, 6.45) is 2.36. The van der Waals surface area contributed by atoms with E-state index in [1.54, 1.807) is 0 Å². The Morgan fingerprint density at radius 1 is 0.619 bits per heavy atom. The first-order chi connectivity index (χ1) is 30.2. The first-order valence-electron chi connectivity index (χ1n) is 22.5. The van der Waals surface area contributed by atoms with Gasteiger partial charge >= 0.3 is 0 Å². The fourth-order valence-electron chi connectivity index (χ4n) is 10.8. The van der Waals surface area contributed by atoms with Crippen LogP contribution in [0, 0.1) is 6.92 Å². The topological polar surface area (TPSA) is 28.4 Å². The van der Waals surface area contributed by atoms with E-state index >= 15 is 0 Å². The number of thiophene rings is 2. The van der Waals surface area contributed by atoms with Gasteiger partial charge in [0.05, 0.1) is 10.7 Å². The van der Waals surface area contributed by atoms with Crippen molar-refractivity contribution in [3.8, 4) is 11.1 Å². The fraction of sp³-hybridized carbons (Fsp3) is 0.228. The summed E-state index contributed by atoms with van der Waals surface area (Å²) < 4.78 is 11.0. The van der Waals surface area contributed by atoms with Crippen molar-refractivity contribution in [1.29, 1.82) is 0 Å². The molecule has 0 bridgehead atoms. The average Bonchev–Trinajstić information content (AvgIpc) is 3.94. The molecule has 0 fully saturated rings. The highest BCUT2D eigenvalue weighted by molar-refractivity contribution is 7.26. The first-order valence-corrected chi connectivity index (χ1v) is 24.1. The number of hydrogen-bond acceptors (Lipinski definition) is 5. The zero-order valence-electron chi connectivity index (χ0n) is 37.4. The Labute approximate surface area is 378 Å². The molecule has 1 aliphatic heterocycles. The SMILES string of the molecule is Cc1cc2c(cc1N1c3cc4c(oc5ccccc54)c(-c4cc5c(cc4Nc4ccc(C(C)(C)C)cc4)sc4ccccc45)c3Bc3c1sc1ccccc31)C(C)(C)CCC2(C)C. The lowest BCUT2D eigenvalue weighted by molar-refractivity contribution is 0.332. The summed E-state index contributed by atoms with van der Waals surface area (Å²) in [4.78, 5) is 2.65. The van der Waals surface area contributed by atoms with Crippen LogP contribution in [-0.4, -0.2) is 7.28 Å². The summed E-state index contributed by atoms with van der Waals surface area (Å²) >= 11 is 3.79. The average molecular weight is 855 g/mol. The molecular weight excluding hydrogens is 804 g/mol. The van der Waals surface area contributed by atoms with Crippen LogP contribution in [0.25, 0.3) is 63.3 Å². The number of para-hydroxylation sites is 1. The first kappa shape index (κ1) is 38.8.